The number of aliphatic hydroxyl groups excluding tert-OH is 1. The van der Waals surface area contributed by atoms with Crippen molar-refractivity contribution in [3.05, 3.63) is 40.2 Å². The van der Waals surface area contributed by atoms with Crippen LogP contribution in [0.1, 0.15) is 24.5 Å². The molecule has 3 rings (SSSR count). The molecule has 1 fully saturated rings. The van der Waals surface area contributed by atoms with Crippen LogP contribution in [0.3, 0.4) is 0 Å². The van der Waals surface area contributed by atoms with Gasteiger partial charge in [-0.2, -0.15) is 0 Å². The number of aliphatic carboxylic acids is 1. The van der Waals surface area contributed by atoms with Gasteiger partial charge in [0.25, 0.3) is 0 Å². The number of aryl methyl sites for hydroxylation is 2. The minimum Gasteiger partial charge on any atom is -0.543 e. The number of β-lactam (4-membered cyclic amide) rings is 1. The van der Waals surface area contributed by atoms with Crippen molar-refractivity contribution < 1.29 is 24.4 Å². The first kappa shape index (κ1) is 17.0. The Labute approximate surface area is 144 Å². The molecule has 6 nitrogen and oxygen atoms in total. The highest BCUT2D eigenvalue weighted by Gasteiger charge is 2.55. The first-order valence-electron chi connectivity index (χ1n) is 7.84. The summed E-state index contributed by atoms with van der Waals surface area (Å²) in [5.74, 6) is -1.54. The largest absolute Gasteiger partial charge is 0.543 e. The van der Waals surface area contributed by atoms with Crippen molar-refractivity contribution in [2.24, 2.45) is 13.0 Å². The van der Waals surface area contributed by atoms with E-state index in [0.717, 1.165) is 11.1 Å². The Kier molecular flexibility index (Phi) is 4.40. The number of thioether (sulfide) groups is 1. The van der Waals surface area contributed by atoms with Gasteiger partial charge in [0.15, 0.2) is 12.4 Å². The first-order valence-corrected chi connectivity index (χ1v) is 8.83. The van der Waals surface area contributed by atoms with Crippen LogP contribution in [0.5, 0.6) is 0 Å². The number of pyridine rings is 1. The predicted molar refractivity (Wildman–Crippen MR) is 86.1 cm³/mol. The van der Waals surface area contributed by atoms with Gasteiger partial charge in [-0.1, -0.05) is 0 Å². The number of nitrogens with zero attached hydrogens (tertiary/aromatic N) is 2. The van der Waals surface area contributed by atoms with Gasteiger partial charge in [0.05, 0.1) is 29.7 Å². The van der Waals surface area contributed by atoms with Crippen molar-refractivity contribution in [1.82, 2.24) is 4.90 Å². The Morgan fingerprint density at radius 2 is 2.29 bits per heavy atom. The lowest BCUT2D eigenvalue weighted by Crippen LogP contribution is -2.62. The smallest absolute Gasteiger partial charge is 0.235 e. The minimum absolute atomic E-state index is 0.0222. The highest BCUT2D eigenvalue weighted by Crippen LogP contribution is 2.47. The Morgan fingerprint density at radius 3 is 2.88 bits per heavy atom. The molecule has 0 aromatic carbocycles. The SMILES string of the molecule is Cc1c[n+](C)ccc1CSC1=C(C(=O)[O-])N2C(=O)[C@H]([C@@H](C)O)[C@H]2C1. The number of hydrogen-bond donors (Lipinski definition) is 1. The van der Waals surface area contributed by atoms with E-state index in [0.29, 0.717) is 17.1 Å². The summed E-state index contributed by atoms with van der Waals surface area (Å²) in [6, 6.07) is 1.75. The van der Waals surface area contributed by atoms with E-state index in [1.54, 1.807) is 6.92 Å². The minimum atomic E-state index is -1.33. The van der Waals surface area contributed by atoms with Crippen LogP contribution >= 0.6 is 11.8 Å². The molecular weight excluding hydrogens is 328 g/mol. The zero-order valence-corrected chi connectivity index (χ0v) is 14.7. The molecule has 0 saturated carbocycles. The summed E-state index contributed by atoms with van der Waals surface area (Å²) >= 11 is 1.43. The number of aliphatic hydroxyl groups is 1. The third-order valence-electron chi connectivity index (χ3n) is 4.70. The fraction of sp³-hybridized carbons (Fsp3) is 0.471. The maximum atomic E-state index is 12.1. The van der Waals surface area contributed by atoms with Gasteiger partial charge in [-0.15, -0.1) is 11.8 Å². The number of carbonyl (C=O) groups excluding carboxylic acids is 2. The molecule has 0 aliphatic carbocycles. The lowest BCUT2D eigenvalue weighted by Gasteiger charge is -2.45. The normalized spacial score (nSPS) is 24.0. The van der Waals surface area contributed by atoms with Crippen LogP contribution in [-0.2, 0) is 22.4 Å². The van der Waals surface area contributed by atoms with Crippen molar-refractivity contribution in [1.29, 1.82) is 0 Å². The molecule has 0 spiro atoms. The van der Waals surface area contributed by atoms with Gasteiger partial charge in [0.2, 0.25) is 5.91 Å². The first-order chi connectivity index (χ1) is 11.3. The molecule has 1 N–H and O–H groups in total. The molecule has 3 heterocycles. The van der Waals surface area contributed by atoms with Crippen molar-refractivity contribution in [3.63, 3.8) is 0 Å². The fourth-order valence-corrected chi connectivity index (χ4v) is 4.71. The van der Waals surface area contributed by atoms with Gasteiger partial charge in [-0.3, -0.25) is 4.79 Å². The van der Waals surface area contributed by atoms with E-state index in [-0.39, 0.29) is 17.6 Å². The molecule has 1 aromatic heterocycles. The van der Waals surface area contributed by atoms with Gasteiger partial charge in [0.1, 0.15) is 7.05 Å². The Bertz CT molecular complexity index is 744. The van der Waals surface area contributed by atoms with Crippen LogP contribution < -0.4 is 9.67 Å². The highest BCUT2D eigenvalue weighted by molar-refractivity contribution is 8.02. The van der Waals surface area contributed by atoms with Gasteiger partial charge >= 0.3 is 0 Å². The van der Waals surface area contributed by atoms with E-state index in [2.05, 4.69) is 0 Å². The number of carboxylic acid groups (broad SMARTS) is 1. The second kappa shape index (κ2) is 6.22. The lowest BCUT2D eigenvalue weighted by molar-refractivity contribution is -0.671. The van der Waals surface area contributed by atoms with Crippen LogP contribution in [-0.4, -0.2) is 34.0 Å². The van der Waals surface area contributed by atoms with E-state index in [4.69, 9.17) is 0 Å². The average molecular weight is 348 g/mol. The summed E-state index contributed by atoms with van der Waals surface area (Å²) in [6.07, 6.45) is 3.65. The van der Waals surface area contributed by atoms with E-state index in [1.807, 2.05) is 37.0 Å². The van der Waals surface area contributed by atoms with Gasteiger partial charge in [-0.05, 0) is 19.4 Å². The number of amides is 1. The molecule has 24 heavy (non-hydrogen) atoms. The maximum Gasteiger partial charge on any atom is 0.235 e. The van der Waals surface area contributed by atoms with E-state index < -0.39 is 18.0 Å². The van der Waals surface area contributed by atoms with Crippen molar-refractivity contribution in [2.45, 2.75) is 38.2 Å². The van der Waals surface area contributed by atoms with Crippen molar-refractivity contribution >= 4 is 23.6 Å². The summed E-state index contributed by atoms with van der Waals surface area (Å²) in [5.41, 5.74) is 2.23. The summed E-state index contributed by atoms with van der Waals surface area (Å²) in [4.78, 5) is 25.6. The second-order valence-electron chi connectivity index (χ2n) is 6.41. The van der Waals surface area contributed by atoms with Gasteiger partial charge in [-0.25, -0.2) is 4.57 Å². The van der Waals surface area contributed by atoms with Crippen LogP contribution in [0, 0.1) is 12.8 Å². The average Bonchev–Trinajstić information content (AvgIpc) is 2.80. The molecule has 2 aliphatic heterocycles. The zero-order valence-electron chi connectivity index (χ0n) is 13.9. The summed E-state index contributed by atoms with van der Waals surface area (Å²) in [5, 5.41) is 21.2. The monoisotopic (exact) mass is 348 g/mol. The van der Waals surface area contributed by atoms with Crippen LogP contribution in [0.15, 0.2) is 29.1 Å². The standard InChI is InChI=1S/C17H20N2O4S/c1-9-7-18(3)5-4-11(9)8-24-13-6-12-14(10(2)20)16(21)19(12)15(13)17(22)23/h4-5,7,10,12,14,20H,6,8H2,1-3H3/t10-,12-,14-/m1/s1. The summed E-state index contributed by atoms with van der Waals surface area (Å²) in [7, 11) is 1.95. The molecule has 3 atom stereocenters. The number of carbonyl (C=O) groups is 2. The fourth-order valence-electron chi connectivity index (χ4n) is 3.45. The second-order valence-corrected chi connectivity index (χ2v) is 7.48. The molecule has 1 aromatic rings. The maximum absolute atomic E-state index is 12.1. The van der Waals surface area contributed by atoms with E-state index >= 15 is 0 Å². The third kappa shape index (κ3) is 2.71. The van der Waals surface area contributed by atoms with Crippen LogP contribution in [0.2, 0.25) is 0 Å². The molecule has 1 saturated heterocycles. The lowest BCUT2D eigenvalue weighted by atomic mass is 9.83. The number of fused-ring (bicyclic) bond motifs is 1. The number of hydrogen-bond acceptors (Lipinski definition) is 5. The van der Waals surface area contributed by atoms with E-state index in [1.165, 1.54) is 16.7 Å². The van der Waals surface area contributed by atoms with Gasteiger partial charge < -0.3 is 19.9 Å². The predicted octanol–water partition coefficient (Wildman–Crippen LogP) is -0.374. The quantitative estimate of drug-likeness (QED) is 0.580. The molecular formula is C17H20N2O4S. The Hall–Kier alpha value is -1.86. The Balaban J connectivity index is 1.80. The van der Waals surface area contributed by atoms with Crippen LogP contribution in [0.4, 0.5) is 0 Å². The molecule has 2 aliphatic rings. The van der Waals surface area contributed by atoms with Crippen molar-refractivity contribution in [3.8, 4) is 0 Å². The molecule has 1 amide bonds. The van der Waals surface area contributed by atoms with E-state index in [9.17, 15) is 19.8 Å². The molecule has 7 heteroatoms. The number of rotatable bonds is 5. The molecule has 128 valence electrons. The number of aromatic nitrogens is 1. The molecule has 0 unspecified atom stereocenters. The summed E-state index contributed by atoms with van der Waals surface area (Å²) in [6.45, 7) is 3.58. The third-order valence-corrected chi connectivity index (χ3v) is 5.86. The molecule has 0 bridgehead atoms. The Morgan fingerprint density at radius 1 is 1.58 bits per heavy atom. The molecule has 0 radical (unpaired) electrons. The van der Waals surface area contributed by atoms with Crippen LogP contribution in [0.25, 0.3) is 0 Å². The van der Waals surface area contributed by atoms with Crippen molar-refractivity contribution in [2.75, 3.05) is 0 Å². The topological polar surface area (TPSA) is 84.5 Å². The highest BCUT2D eigenvalue weighted by atomic mass is 32.2. The van der Waals surface area contributed by atoms with Gasteiger partial charge in [0, 0.05) is 28.7 Å². The number of carboxylic acids is 1. The summed E-state index contributed by atoms with van der Waals surface area (Å²) < 4.78 is 1.96. The zero-order chi connectivity index (χ0) is 17.6.